The van der Waals surface area contributed by atoms with Gasteiger partial charge in [0.15, 0.2) is 5.76 Å². The van der Waals surface area contributed by atoms with Gasteiger partial charge in [-0.3, -0.25) is 9.69 Å². The maximum Gasteiger partial charge on any atom is 0.320 e. The summed E-state index contributed by atoms with van der Waals surface area (Å²) < 4.78 is 5.03. The number of nitrogens with zero attached hydrogens (tertiary/aromatic N) is 2. The van der Waals surface area contributed by atoms with Crippen molar-refractivity contribution in [3.8, 4) is 0 Å². The van der Waals surface area contributed by atoms with Crippen LogP contribution in [0.5, 0.6) is 0 Å². The van der Waals surface area contributed by atoms with Crippen LogP contribution in [0.3, 0.4) is 0 Å². The van der Waals surface area contributed by atoms with Gasteiger partial charge in [-0.2, -0.15) is 0 Å². The number of piperidine rings is 1. The third-order valence-electron chi connectivity index (χ3n) is 3.53. The Bertz CT molecular complexity index is 364. The van der Waals surface area contributed by atoms with Gasteiger partial charge in [0.25, 0.3) is 0 Å². The highest BCUT2D eigenvalue weighted by molar-refractivity contribution is 5.73. The van der Waals surface area contributed by atoms with E-state index in [0.717, 1.165) is 31.6 Å². The molecule has 0 bridgehead atoms. The normalized spacial score (nSPS) is 25.9. The fourth-order valence-corrected chi connectivity index (χ4v) is 2.43. The molecule has 1 fully saturated rings. The Morgan fingerprint density at radius 2 is 2.53 bits per heavy atom. The van der Waals surface area contributed by atoms with Crippen molar-refractivity contribution in [3.05, 3.63) is 18.0 Å². The van der Waals surface area contributed by atoms with Crippen LogP contribution in [0.4, 0.5) is 0 Å². The average molecular weight is 238 g/mol. The molecule has 2 atom stereocenters. The highest BCUT2D eigenvalue weighted by Gasteiger charge is 2.33. The van der Waals surface area contributed by atoms with Crippen LogP contribution in [-0.2, 0) is 11.3 Å². The maximum atomic E-state index is 11.3. The van der Waals surface area contributed by atoms with E-state index in [1.165, 1.54) is 0 Å². The molecule has 5 heteroatoms. The molecule has 1 aromatic heterocycles. The SMILES string of the molecule is CCC1CCN(Cc2ccno2)C(C(=O)O)C1. The summed E-state index contributed by atoms with van der Waals surface area (Å²) in [6.45, 7) is 3.47. The van der Waals surface area contributed by atoms with Crippen LogP contribution in [0.25, 0.3) is 0 Å². The molecule has 2 unspecified atom stereocenters. The Labute approximate surface area is 100 Å². The second-order valence-corrected chi connectivity index (χ2v) is 4.60. The topological polar surface area (TPSA) is 66.6 Å². The second-order valence-electron chi connectivity index (χ2n) is 4.60. The van der Waals surface area contributed by atoms with Gasteiger partial charge in [0.2, 0.25) is 0 Å². The van der Waals surface area contributed by atoms with Gasteiger partial charge in [0.05, 0.1) is 12.7 Å². The van der Waals surface area contributed by atoms with E-state index < -0.39 is 12.0 Å². The van der Waals surface area contributed by atoms with Crippen LogP contribution in [-0.4, -0.2) is 33.7 Å². The Morgan fingerprint density at radius 3 is 3.12 bits per heavy atom. The molecule has 0 saturated carbocycles. The van der Waals surface area contributed by atoms with Gasteiger partial charge < -0.3 is 9.63 Å². The summed E-state index contributed by atoms with van der Waals surface area (Å²) in [5.41, 5.74) is 0. The number of aromatic nitrogens is 1. The third-order valence-corrected chi connectivity index (χ3v) is 3.53. The fourth-order valence-electron chi connectivity index (χ4n) is 2.43. The number of hydrogen-bond acceptors (Lipinski definition) is 4. The summed E-state index contributed by atoms with van der Waals surface area (Å²) in [7, 11) is 0. The quantitative estimate of drug-likeness (QED) is 0.865. The molecule has 1 N–H and O–H groups in total. The summed E-state index contributed by atoms with van der Waals surface area (Å²) in [5, 5.41) is 12.9. The lowest BCUT2D eigenvalue weighted by molar-refractivity contribution is -0.145. The van der Waals surface area contributed by atoms with Gasteiger partial charge in [-0.1, -0.05) is 18.5 Å². The van der Waals surface area contributed by atoms with Crippen molar-refractivity contribution in [2.75, 3.05) is 6.54 Å². The first-order valence-corrected chi connectivity index (χ1v) is 6.07. The zero-order valence-corrected chi connectivity index (χ0v) is 10.0. The molecule has 2 rings (SSSR count). The molecule has 0 amide bonds. The number of carboxylic acid groups (broad SMARTS) is 1. The van der Waals surface area contributed by atoms with E-state index >= 15 is 0 Å². The number of hydrogen-bond donors (Lipinski definition) is 1. The fraction of sp³-hybridized carbons (Fsp3) is 0.667. The van der Waals surface area contributed by atoms with E-state index in [0.29, 0.717) is 12.5 Å². The summed E-state index contributed by atoms with van der Waals surface area (Å²) in [6.07, 6.45) is 4.44. The minimum Gasteiger partial charge on any atom is -0.480 e. The smallest absolute Gasteiger partial charge is 0.320 e. The molecule has 5 nitrogen and oxygen atoms in total. The number of aliphatic carboxylic acids is 1. The first kappa shape index (κ1) is 12.1. The third kappa shape index (κ3) is 2.85. The number of carbonyl (C=O) groups is 1. The first-order valence-electron chi connectivity index (χ1n) is 6.07. The predicted molar refractivity (Wildman–Crippen MR) is 61.4 cm³/mol. The van der Waals surface area contributed by atoms with Crippen molar-refractivity contribution in [2.45, 2.75) is 38.8 Å². The number of carboxylic acids is 1. The van der Waals surface area contributed by atoms with Gasteiger partial charge in [-0.15, -0.1) is 0 Å². The van der Waals surface area contributed by atoms with E-state index in [-0.39, 0.29) is 0 Å². The molecule has 1 saturated heterocycles. The molecule has 1 aromatic rings. The molecule has 0 spiro atoms. The highest BCUT2D eigenvalue weighted by atomic mass is 16.5. The van der Waals surface area contributed by atoms with E-state index in [4.69, 9.17) is 4.52 Å². The molecule has 0 radical (unpaired) electrons. The lowest BCUT2D eigenvalue weighted by Gasteiger charge is -2.36. The van der Waals surface area contributed by atoms with Crippen LogP contribution < -0.4 is 0 Å². The highest BCUT2D eigenvalue weighted by Crippen LogP contribution is 2.26. The van der Waals surface area contributed by atoms with Crippen molar-refractivity contribution in [3.63, 3.8) is 0 Å². The minimum absolute atomic E-state index is 0.390. The Hall–Kier alpha value is -1.36. The first-order chi connectivity index (χ1) is 8.20. The number of rotatable bonds is 4. The second kappa shape index (κ2) is 5.31. The average Bonchev–Trinajstić information content (AvgIpc) is 2.82. The lowest BCUT2D eigenvalue weighted by Crippen LogP contribution is -2.46. The van der Waals surface area contributed by atoms with Crippen molar-refractivity contribution < 1.29 is 14.4 Å². The van der Waals surface area contributed by atoms with Crippen LogP contribution >= 0.6 is 0 Å². The molecule has 0 aliphatic carbocycles. The Kier molecular flexibility index (Phi) is 3.78. The van der Waals surface area contributed by atoms with Crippen molar-refractivity contribution in [2.24, 2.45) is 5.92 Å². The molecule has 1 aliphatic rings. The predicted octanol–water partition coefficient (Wildman–Crippen LogP) is 1.75. The van der Waals surface area contributed by atoms with E-state index in [2.05, 4.69) is 12.1 Å². The summed E-state index contributed by atoms with van der Waals surface area (Å²) in [6, 6.07) is 1.39. The van der Waals surface area contributed by atoms with E-state index in [1.54, 1.807) is 12.3 Å². The van der Waals surface area contributed by atoms with Crippen molar-refractivity contribution in [1.82, 2.24) is 10.1 Å². The monoisotopic (exact) mass is 238 g/mol. The van der Waals surface area contributed by atoms with Gasteiger partial charge >= 0.3 is 5.97 Å². The zero-order chi connectivity index (χ0) is 12.3. The van der Waals surface area contributed by atoms with Gasteiger partial charge in [0.1, 0.15) is 6.04 Å². The van der Waals surface area contributed by atoms with Gasteiger partial charge in [-0.05, 0) is 25.3 Å². The minimum atomic E-state index is -0.734. The van der Waals surface area contributed by atoms with E-state index in [1.807, 2.05) is 4.90 Å². The Morgan fingerprint density at radius 1 is 1.71 bits per heavy atom. The van der Waals surface area contributed by atoms with Crippen molar-refractivity contribution in [1.29, 1.82) is 0 Å². The van der Waals surface area contributed by atoms with E-state index in [9.17, 15) is 9.90 Å². The summed E-state index contributed by atoms with van der Waals surface area (Å²) in [4.78, 5) is 13.2. The lowest BCUT2D eigenvalue weighted by atomic mass is 9.89. The zero-order valence-electron chi connectivity index (χ0n) is 10.0. The van der Waals surface area contributed by atoms with Gasteiger partial charge in [-0.25, -0.2) is 0 Å². The molecular weight excluding hydrogens is 220 g/mol. The summed E-state index contributed by atoms with van der Waals surface area (Å²) >= 11 is 0. The standard InChI is InChI=1S/C12H18N2O3/c1-2-9-4-6-14(11(7-9)12(15)16)8-10-3-5-13-17-10/h3,5,9,11H,2,4,6-8H2,1H3,(H,15,16). The largest absolute Gasteiger partial charge is 0.480 e. The Balaban J connectivity index is 2.02. The molecule has 17 heavy (non-hydrogen) atoms. The maximum absolute atomic E-state index is 11.3. The van der Waals surface area contributed by atoms with Crippen LogP contribution in [0.1, 0.15) is 31.9 Å². The number of likely N-dealkylation sites (tertiary alicyclic amines) is 1. The molecular formula is C12H18N2O3. The van der Waals surface area contributed by atoms with Crippen molar-refractivity contribution >= 4 is 5.97 Å². The van der Waals surface area contributed by atoms with Gasteiger partial charge in [0, 0.05) is 6.07 Å². The van der Waals surface area contributed by atoms with Crippen LogP contribution in [0.2, 0.25) is 0 Å². The molecule has 2 heterocycles. The molecule has 94 valence electrons. The molecule has 0 aromatic carbocycles. The summed E-state index contributed by atoms with van der Waals surface area (Å²) in [5.74, 6) is 0.524. The molecule has 1 aliphatic heterocycles. The van der Waals surface area contributed by atoms with Crippen LogP contribution in [0.15, 0.2) is 16.8 Å². The van der Waals surface area contributed by atoms with Crippen LogP contribution in [0, 0.1) is 5.92 Å².